The van der Waals surface area contributed by atoms with Crippen molar-refractivity contribution in [2.24, 2.45) is 17.6 Å². The zero-order valence-electron chi connectivity index (χ0n) is 12.5. The van der Waals surface area contributed by atoms with Crippen LogP contribution in [-0.4, -0.2) is 12.5 Å². The van der Waals surface area contributed by atoms with Crippen molar-refractivity contribution in [3.63, 3.8) is 0 Å². The van der Waals surface area contributed by atoms with Crippen LogP contribution in [0.1, 0.15) is 45.2 Å². The number of hydrogen-bond acceptors (Lipinski definition) is 2. The van der Waals surface area contributed by atoms with Crippen molar-refractivity contribution in [3.8, 4) is 0 Å². The molecule has 0 aliphatic rings. The molecule has 0 heterocycles. The Balaban J connectivity index is 2.55. The minimum absolute atomic E-state index is 0.0357. The SMILES string of the molecule is CC(C)CC(CN)CC(=O)N[C@@H](C)c1ccccc1Cl. The molecule has 4 heteroatoms. The summed E-state index contributed by atoms with van der Waals surface area (Å²) in [6, 6.07) is 7.48. The highest BCUT2D eigenvalue weighted by molar-refractivity contribution is 6.31. The molecule has 20 heavy (non-hydrogen) atoms. The molecule has 0 radical (unpaired) electrons. The van der Waals surface area contributed by atoms with Crippen LogP contribution in [0.3, 0.4) is 0 Å². The smallest absolute Gasteiger partial charge is 0.220 e. The summed E-state index contributed by atoms with van der Waals surface area (Å²) in [6.45, 7) is 6.78. The lowest BCUT2D eigenvalue weighted by molar-refractivity contribution is -0.122. The van der Waals surface area contributed by atoms with Crippen LogP contribution in [0.15, 0.2) is 24.3 Å². The maximum Gasteiger partial charge on any atom is 0.220 e. The van der Waals surface area contributed by atoms with E-state index in [4.69, 9.17) is 17.3 Å². The number of rotatable bonds is 7. The zero-order valence-corrected chi connectivity index (χ0v) is 13.3. The average molecular weight is 297 g/mol. The number of nitrogens with one attached hydrogen (secondary N) is 1. The van der Waals surface area contributed by atoms with Crippen molar-refractivity contribution in [1.29, 1.82) is 0 Å². The lowest BCUT2D eigenvalue weighted by atomic mass is 9.94. The lowest BCUT2D eigenvalue weighted by Gasteiger charge is -2.20. The molecule has 0 saturated heterocycles. The van der Waals surface area contributed by atoms with Gasteiger partial charge < -0.3 is 11.1 Å². The molecule has 0 spiro atoms. The van der Waals surface area contributed by atoms with Gasteiger partial charge in [0.25, 0.3) is 0 Å². The van der Waals surface area contributed by atoms with Crippen molar-refractivity contribution >= 4 is 17.5 Å². The van der Waals surface area contributed by atoms with E-state index in [0.717, 1.165) is 12.0 Å². The molecule has 0 aromatic heterocycles. The van der Waals surface area contributed by atoms with E-state index < -0.39 is 0 Å². The Hall–Kier alpha value is -1.06. The van der Waals surface area contributed by atoms with E-state index in [2.05, 4.69) is 19.2 Å². The summed E-state index contributed by atoms with van der Waals surface area (Å²) in [7, 11) is 0. The van der Waals surface area contributed by atoms with Gasteiger partial charge in [0.05, 0.1) is 6.04 Å². The molecule has 0 fully saturated rings. The zero-order chi connectivity index (χ0) is 15.1. The van der Waals surface area contributed by atoms with Gasteiger partial charge in [-0.1, -0.05) is 43.6 Å². The molecule has 1 aromatic rings. The Morgan fingerprint density at radius 3 is 2.50 bits per heavy atom. The normalized spacial score (nSPS) is 14.1. The first-order valence-electron chi connectivity index (χ1n) is 7.17. The standard InChI is InChI=1S/C16H25ClN2O/c1-11(2)8-13(10-18)9-16(20)19-12(3)14-6-4-5-7-15(14)17/h4-7,11-13H,8-10,18H2,1-3H3,(H,19,20)/t12-,13?/m0/s1. The maximum atomic E-state index is 12.1. The molecule has 3 nitrogen and oxygen atoms in total. The molecule has 112 valence electrons. The monoisotopic (exact) mass is 296 g/mol. The summed E-state index contributed by atoms with van der Waals surface area (Å²) in [5, 5.41) is 3.67. The van der Waals surface area contributed by atoms with Gasteiger partial charge in [0.1, 0.15) is 0 Å². The van der Waals surface area contributed by atoms with E-state index in [1.807, 2.05) is 31.2 Å². The molecule has 0 saturated carbocycles. The van der Waals surface area contributed by atoms with Gasteiger partial charge in [0, 0.05) is 11.4 Å². The minimum Gasteiger partial charge on any atom is -0.350 e. The molecule has 1 aromatic carbocycles. The number of nitrogens with two attached hydrogens (primary N) is 1. The van der Waals surface area contributed by atoms with Gasteiger partial charge in [-0.3, -0.25) is 4.79 Å². The van der Waals surface area contributed by atoms with Gasteiger partial charge in [0.15, 0.2) is 0 Å². The third kappa shape index (κ3) is 5.51. The second-order valence-corrected chi connectivity index (χ2v) is 6.15. The number of hydrogen-bond donors (Lipinski definition) is 2. The van der Waals surface area contributed by atoms with Gasteiger partial charge in [0.2, 0.25) is 5.91 Å². The Labute approximate surface area is 126 Å². The van der Waals surface area contributed by atoms with Crippen LogP contribution in [0.25, 0.3) is 0 Å². The molecule has 2 atom stereocenters. The van der Waals surface area contributed by atoms with E-state index in [1.165, 1.54) is 0 Å². The van der Waals surface area contributed by atoms with Gasteiger partial charge in [-0.2, -0.15) is 0 Å². The number of carbonyl (C=O) groups excluding carboxylic acids is 1. The van der Waals surface area contributed by atoms with E-state index >= 15 is 0 Å². The highest BCUT2D eigenvalue weighted by atomic mass is 35.5. The first-order valence-corrected chi connectivity index (χ1v) is 7.55. The van der Waals surface area contributed by atoms with E-state index in [9.17, 15) is 4.79 Å². The van der Waals surface area contributed by atoms with Gasteiger partial charge >= 0.3 is 0 Å². The molecule has 0 aliphatic carbocycles. The second kappa shape index (κ2) is 8.28. The summed E-state index contributed by atoms with van der Waals surface area (Å²) < 4.78 is 0. The van der Waals surface area contributed by atoms with E-state index in [-0.39, 0.29) is 17.9 Å². The first kappa shape index (κ1) is 17.0. The summed E-state index contributed by atoms with van der Waals surface area (Å²) in [5.41, 5.74) is 6.67. The third-order valence-electron chi connectivity index (χ3n) is 3.36. The van der Waals surface area contributed by atoms with Crippen LogP contribution >= 0.6 is 11.6 Å². The summed E-state index contributed by atoms with van der Waals surface area (Å²) in [5.74, 6) is 0.833. The van der Waals surface area contributed by atoms with Crippen molar-refractivity contribution in [2.45, 2.75) is 39.7 Å². The van der Waals surface area contributed by atoms with Gasteiger partial charge in [-0.25, -0.2) is 0 Å². The fourth-order valence-corrected chi connectivity index (χ4v) is 2.70. The Kier molecular flexibility index (Phi) is 7.03. The highest BCUT2D eigenvalue weighted by Crippen LogP contribution is 2.22. The number of carbonyl (C=O) groups is 1. The fourth-order valence-electron chi connectivity index (χ4n) is 2.40. The highest BCUT2D eigenvalue weighted by Gasteiger charge is 2.17. The Morgan fingerprint density at radius 1 is 1.30 bits per heavy atom. The van der Waals surface area contributed by atoms with Crippen LogP contribution in [0.5, 0.6) is 0 Å². The molecule has 0 bridgehead atoms. The fraction of sp³-hybridized carbons (Fsp3) is 0.562. The third-order valence-corrected chi connectivity index (χ3v) is 3.71. The quantitative estimate of drug-likeness (QED) is 0.809. The predicted octanol–water partition coefficient (Wildman–Crippen LogP) is 3.53. The van der Waals surface area contributed by atoms with Crippen LogP contribution in [0.4, 0.5) is 0 Å². The second-order valence-electron chi connectivity index (χ2n) is 5.75. The largest absolute Gasteiger partial charge is 0.350 e. The van der Waals surface area contributed by atoms with Gasteiger partial charge in [-0.05, 0) is 43.4 Å². The predicted molar refractivity (Wildman–Crippen MR) is 84.6 cm³/mol. The molecule has 1 unspecified atom stereocenters. The van der Waals surface area contributed by atoms with E-state index in [0.29, 0.717) is 23.9 Å². The van der Waals surface area contributed by atoms with Crippen molar-refractivity contribution in [1.82, 2.24) is 5.32 Å². The van der Waals surface area contributed by atoms with Crippen LogP contribution in [0, 0.1) is 11.8 Å². The van der Waals surface area contributed by atoms with Crippen LogP contribution < -0.4 is 11.1 Å². The number of amides is 1. The van der Waals surface area contributed by atoms with Crippen molar-refractivity contribution in [2.75, 3.05) is 6.54 Å². The molecule has 1 amide bonds. The van der Waals surface area contributed by atoms with Crippen molar-refractivity contribution in [3.05, 3.63) is 34.9 Å². The van der Waals surface area contributed by atoms with E-state index in [1.54, 1.807) is 0 Å². The molecule has 3 N–H and O–H groups in total. The Morgan fingerprint density at radius 2 is 1.95 bits per heavy atom. The first-order chi connectivity index (χ1) is 9.43. The molecular formula is C16H25ClN2O. The Bertz CT molecular complexity index is 434. The molecule has 0 aliphatic heterocycles. The van der Waals surface area contributed by atoms with Crippen molar-refractivity contribution < 1.29 is 4.79 Å². The summed E-state index contributed by atoms with van der Waals surface area (Å²) in [4.78, 5) is 12.1. The van der Waals surface area contributed by atoms with Crippen LogP contribution in [-0.2, 0) is 4.79 Å². The average Bonchev–Trinajstić information content (AvgIpc) is 2.37. The number of halogens is 1. The lowest BCUT2D eigenvalue weighted by Crippen LogP contribution is -2.30. The molecule has 1 rings (SSSR count). The number of benzene rings is 1. The van der Waals surface area contributed by atoms with Crippen LogP contribution in [0.2, 0.25) is 5.02 Å². The summed E-state index contributed by atoms with van der Waals surface area (Å²) >= 11 is 6.13. The van der Waals surface area contributed by atoms with Gasteiger partial charge in [-0.15, -0.1) is 0 Å². The summed E-state index contributed by atoms with van der Waals surface area (Å²) in [6.07, 6.45) is 1.45. The maximum absolute atomic E-state index is 12.1. The minimum atomic E-state index is -0.0892. The topological polar surface area (TPSA) is 55.1 Å². The molecular weight excluding hydrogens is 272 g/mol.